The molecular formula is C15H21N. The lowest BCUT2D eigenvalue weighted by Crippen LogP contribution is -2.22. The quantitative estimate of drug-likeness (QED) is 0.701. The topological polar surface area (TPSA) is 3.24 Å². The molecule has 0 aromatic heterocycles. The van der Waals surface area contributed by atoms with Gasteiger partial charge >= 0.3 is 0 Å². The van der Waals surface area contributed by atoms with Crippen molar-refractivity contribution in [3.8, 4) is 11.8 Å². The van der Waals surface area contributed by atoms with Crippen molar-refractivity contribution < 1.29 is 0 Å². The van der Waals surface area contributed by atoms with E-state index in [9.17, 15) is 0 Å². The first kappa shape index (κ1) is 12.8. The Kier molecular flexibility index (Phi) is 5.08. The Labute approximate surface area is 99.5 Å². The van der Waals surface area contributed by atoms with Crippen LogP contribution in [-0.4, -0.2) is 24.5 Å². The van der Waals surface area contributed by atoms with Crippen LogP contribution in [0.4, 0.5) is 0 Å². The van der Waals surface area contributed by atoms with Crippen LogP contribution < -0.4 is 0 Å². The summed E-state index contributed by atoms with van der Waals surface area (Å²) in [5, 5.41) is 0. The number of benzene rings is 1. The lowest BCUT2D eigenvalue weighted by Gasteiger charge is -2.13. The highest BCUT2D eigenvalue weighted by molar-refractivity contribution is 5.40. The van der Waals surface area contributed by atoms with E-state index < -0.39 is 0 Å². The van der Waals surface area contributed by atoms with Crippen molar-refractivity contribution in [3.05, 3.63) is 34.9 Å². The van der Waals surface area contributed by atoms with E-state index in [0.717, 1.165) is 25.2 Å². The molecule has 0 aliphatic heterocycles. The first-order valence-corrected chi connectivity index (χ1v) is 5.95. The predicted octanol–water partition coefficient (Wildman–Crippen LogP) is 3.00. The molecule has 16 heavy (non-hydrogen) atoms. The normalized spacial score (nSPS) is 10.1. The highest BCUT2D eigenvalue weighted by Crippen LogP contribution is 2.08. The van der Waals surface area contributed by atoms with Crippen LogP contribution >= 0.6 is 0 Å². The molecule has 1 heteroatoms. The molecule has 86 valence electrons. The maximum absolute atomic E-state index is 3.23. The molecule has 0 unspecified atom stereocenters. The van der Waals surface area contributed by atoms with Gasteiger partial charge in [-0.05, 0) is 50.2 Å². The molecular weight excluding hydrogens is 194 g/mol. The third-order valence-electron chi connectivity index (χ3n) is 2.94. The SMILES string of the molecule is CCN(CC)CC#Cc1ccc(C)c(C)c1. The molecule has 0 fully saturated rings. The second-order valence-electron chi connectivity index (χ2n) is 4.06. The maximum Gasteiger partial charge on any atom is 0.0605 e. The fourth-order valence-corrected chi connectivity index (χ4v) is 1.52. The number of hydrogen-bond acceptors (Lipinski definition) is 1. The van der Waals surface area contributed by atoms with Crippen molar-refractivity contribution in [2.24, 2.45) is 0 Å². The second-order valence-corrected chi connectivity index (χ2v) is 4.06. The summed E-state index contributed by atoms with van der Waals surface area (Å²) < 4.78 is 0. The fourth-order valence-electron chi connectivity index (χ4n) is 1.52. The van der Waals surface area contributed by atoms with Crippen molar-refractivity contribution in [1.82, 2.24) is 4.90 Å². The molecule has 1 aromatic rings. The fraction of sp³-hybridized carbons (Fsp3) is 0.467. The minimum absolute atomic E-state index is 0.861. The summed E-state index contributed by atoms with van der Waals surface area (Å²) >= 11 is 0. The Hall–Kier alpha value is -1.26. The second kappa shape index (κ2) is 6.35. The summed E-state index contributed by atoms with van der Waals surface area (Å²) in [6, 6.07) is 6.39. The zero-order valence-electron chi connectivity index (χ0n) is 10.8. The van der Waals surface area contributed by atoms with E-state index in [2.05, 4.69) is 62.6 Å². The van der Waals surface area contributed by atoms with Gasteiger partial charge in [0.15, 0.2) is 0 Å². The largest absolute Gasteiger partial charge is 0.293 e. The highest BCUT2D eigenvalue weighted by Gasteiger charge is 1.95. The maximum atomic E-state index is 3.23. The van der Waals surface area contributed by atoms with Crippen LogP contribution in [0.1, 0.15) is 30.5 Å². The smallest absolute Gasteiger partial charge is 0.0605 e. The molecule has 0 aliphatic carbocycles. The summed E-state index contributed by atoms with van der Waals surface area (Å²) in [5.74, 6) is 6.45. The van der Waals surface area contributed by atoms with Crippen LogP contribution in [0.3, 0.4) is 0 Å². The molecule has 0 amide bonds. The van der Waals surface area contributed by atoms with Gasteiger partial charge in [0.2, 0.25) is 0 Å². The first-order chi connectivity index (χ1) is 7.67. The number of aryl methyl sites for hydroxylation is 2. The lowest BCUT2D eigenvalue weighted by molar-refractivity contribution is 0.342. The van der Waals surface area contributed by atoms with Gasteiger partial charge in [-0.25, -0.2) is 0 Å². The molecule has 0 radical (unpaired) electrons. The third-order valence-corrected chi connectivity index (χ3v) is 2.94. The number of hydrogen-bond donors (Lipinski definition) is 0. The van der Waals surface area contributed by atoms with Crippen LogP contribution in [0.25, 0.3) is 0 Å². The van der Waals surface area contributed by atoms with Gasteiger partial charge in [0.05, 0.1) is 6.54 Å². The van der Waals surface area contributed by atoms with Crippen LogP contribution in [0, 0.1) is 25.7 Å². The Morgan fingerprint density at radius 2 is 1.75 bits per heavy atom. The van der Waals surface area contributed by atoms with Gasteiger partial charge in [-0.3, -0.25) is 4.90 Å². The van der Waals surface area contributed by atoms with Crippen LogP contribution in [0.15, 0.2) is 18.2 Å². The summed E-state index contributed by atoms with van der Waals surface area (Å²) in [5.41, 5.74) is 3.76. The summed E-state index contributed by atoms with van der Waals surface area (Å²) in [6.45, 7) is 11.6. The molecule has 1 nitrogen and oxygen atoms in total. The average molecular weight is 215 g/mol. The molecule has 0 saturated heterocycles. The molecule has 0 saturated carbocycles. The van der Waals surface area contributed by atoms with Crippen molar-refractivity contribution in [3.63, 3.8) is 0 Å². The first-order valence-electron chi connectivity index (χ1n) is 5.95. The lowest BCUT2D eigenvalue weighted by atomic mass is 10.1. The monoisotopic (exact) mass is 215 g/mol. The molecule has 0 aliphatic rings. The van der Waals surface area contributed by atoms with E-state index in [0.29, 0.717) is 0 Å². The van der Waals surface area contributed by atoms with Crippen molar-refractivity contribution in [1.29, 1.82) is 0 Å². The van der Waals surface area contributed by atoms with Crippen LogP contribution in [0.5, 0.6) is 0 Å². The minimum Gasteiger partial charge on any atom is -0.293 e. The van der Waals surface area contributed by atoms with E-state index in [1.165, 1.54) is 11.1 Å². The predicted molar refractivity (Wildman–Crippen MR) is 70.6 cm³/mol. The van der Waals surface area contributed by atoms with E-state index in [-0.39, 0.29) is 0 Å². The number of nitrogens with zero attached hydrogens (tertiary/aromatic N) is 1. The number of rotatable bonds is 3. The highest BCUT2D eigenvalue weighted by atomic mass is 15.1. The zero-order chi connectivity index (χ0) is 12.0. The van der Waals surface area contributed by atoms with Crippen molar-refractivity contribution in [2.45, 2.75) is 27.7 Å². The van der Waals surface area contributed by atoms with Gasteiger partial charge in [-0.1, -0.05) is 31.8 Å². The van der Waals surface area contributed by atoms with E-state index >= 15 is 0 Å². The van der Waals surface area contributed by atoms with Crippen molar-refractivity contribution in [2.75, 3.05) is 19.6 Å². The van der Waals surface area contributed by atoms with Gasteiger partial charge < -0.3 is 0 Å². The Balaban J connectivity index is 2.66. The Morgan fingerprint density at radius 1 is 1.06 bits per heavy atom. The Morgan fingerprint density at radius 3 is 2.31 bits per heavy atom. The van der Waals surface area contributed by atoms with E-state index in [4.69, 9.17) is 0 Å². The van der Waals surface area contributed by atoms with Gasteiger partial charge in [-0.15, -0.1) is 0 Å². The van der Waals surface area contributed by atoms with Gasteiger partial charge in [-0.2, -0.15) is 0 Å². The summed E-state index contributed by atoms with van der Waals surface area (Å²) in [4.78, 5) is 2.31. The average Bonchev–Trinajstić information content (AvgIpc) is 2.29. The van der Waals surface area contributed by atoms with Gasteiger partial charge in [0.1, 0.15) is 0 Å². The summed E-state index contributed by atoms with van der Waals surface area (Å²) in [6.07, 6.45) is 0. The molecule has 0 heterocycles. The van der Waals surface area contributed by atoms with Crippen LogP contribution in [-0.2, 0) is 0 Å². The zero-order valence-corrected chi connectivity index (χ0v) is 10.8. The van der Waals surface area contributed by atoms with E-state index in [1.54, 1.807) is 0 Å². The summed E-state index contributed by atoms with van der Waals surface area (Å²) in [7, 11) is 0. The van der Waals surface area contributed by atoms with Crippen LogP contribution in [0.2, 0.25) is 0 Å². The Bertz CT molecular complexity index is 392. The minimum atomic E-state index is 0.861. The van der Waals surface area contributed by atoms with E-state index in [1.807, 2.05) is 0 Å². The van der Waals surface area contributed by atoms with Crippen molar-refractivity contribution >= 4 is 0 Å². The third kappa shape index (κ3) is 3.72. The molecule has 1 rings (SSSR count). The molecule has 1 aromatic carbocycles. The van der Waals surface area contributed by atoms with Gasteiger partial charge in [0.25, 0.3) is 0 Å². The molecule has 0 bridgehead atoms. The van der Waals surface area contributed by atoms with Gasteiger partial charge in [0, 0.05) is 5.56 Å². The molecule has 0 spiro atoms. The molecule has 0 N–H and O–H groups in total. The standard InChI is InChI=1S/C15H21N/c1-5-16(6-2)11-7-8-15-10-9-13(3)14(4)12-15/h9-10,12H,5-6,11H2,1-4H3. The molecule has 0 atom stereocenters.